The van der Waals surface area contributed by atoms with E-state index < -0.39 is 4.92 Å². The molecule has 0 saturated heterocycles. The maximum atomic E-state index is 10.8. The molecule has 0 aliphatic heterocycles. The molecule has 0 radical (unpaired) electrons. The van der Waals surface area contributed by atoms with E-state index in [1.54, 1.807) is 6.07 Å². The monoisotopic (exact) mass is 228 g/mol. The molecule has 0 atom stereocenters. The zero-order chi connectivity index (χ0) is 12.1. The number of hydrogen-bond acceptors (Lipinski definition) is 6. The van der Waals surface area contributed by atoms with Gasteiger partial charge in [0.05, 0.1) is 19.1 Å². The van der Waals surface area contributed by atoms with Crippen LogP contribution in [0, 0.1) is 10.1 Å². The summed E-state index contributed by atoms with van der Waals surface area (Å²) in [5, 5.41) is 19.3. The molecule has 0 amide bonds. The molecule has 7 heteroatoms. The highest BCUT2D eigenvalue weighted by Crippen LogP contribution is 2.37. The van der Waals surface area contributed by atoms with Crippen molar-refractivity contribution >= 4 is 5.69 Å². The molecule has 16 heavy (non-hydrogen) atoms. The Kier molecular flexibility index (Phi) is 4.03. The lowest BCUT2D eigenvalue weighted by molar-refractivity contribution is -0.385. The molecule has 0 unspecified atom stereocenters. The number of hydrogen-bond donors (Lipinski definition) is 2. The molecule has 7 nitrogen and oxygen atoms in total. The summed E-state index contributed by atoms with van der Waals surface area (Å²) < 4.78 is 9.89. The van der Waals surface area contributed by atoms with Gasteiger partial charge < -0.3 is 14.7 Å². The standard InChI is InChI=1S/C9H12N2O5/c1-15-8-4-6(5-10-12)3-7(11(13)14)9(8)16-2/h3-4,10,12H,5H2,1-2H3. The molecule has 0 aromatic heterocycles. The van der Waals surface area contributed by atoms with E-state index in [1.165, 1.54) is 20.3 Å². The van der Waals surface area contributed by atoms with Crippen LogP contribution in [0.2, 0.25) is 0 Å². The third-order valence-corrected chi connectivity index (χ3v) is 2.00. The van der Waals surface area contributed by atoms with Crippen LogP contribution in [0.3, 0.4) is 0 Å². The number of hydroxylamine groups is 1. The predicted molar refractivity (Wildman–Crippen MR) is 54.8 cm³/mol. The highest BCUT2D eigenvalue weighted by atomic mass is 16.6. The van der Waals surface area contributed by atoms with Gasteiger partial charge in [0.15, 0.2) is 5.75 Å². The Morgan fingerprint density at radius 2 is 2.12 bits per heavy atom. The van der Waals surface area contributed by atoms with Crippen LogP contribution in [0.15, 0.2) is 12.1 Å². The first-order valence-corrected chi connectivity index (χ1v) is 4.40. The van der Waals surface area contributed by atoms with Crippen LogP contribution in [0.25, 0.3) is 0 Å². The number of nitrogens with zero attached hydrogens (tertiary/aromatic N) is 1. The molecule has 0 aliphatic carbocycles. The summed E-state index contributed by atoms with van der Waals surface area (Å²) in [4.78, 5) is 10.2. The Morgan fingerprint density at radius 1 is 1.44 bits per heavy atom. The van der Waals surface area contributed by atoms with Gasteiger partial charge in [-0.25, -0.2) is 5.48 Å². The first-order valence-electron chi connectivity index (χ1n) is 4.40. The van der Waals surface area contributed by atoms with Crippen LogP contribution in [0.4, 0.5) is 5.69 Å². The lowest BCUT2D eigenvalue weighted by Gasteiger charge is -2.09. The highest BCUT2D eigenvalue weighted by molar-refractivity contribution is 5.58. The quantitative estimate of drug-likeness (QED) is 0.578. The van der Waals surface area contributed by atoms with E-state index >= 15 is 0 Å². The van der Waals surface area contributed by atoms with Gasteiger partial charge in [-0.2, -0.15) is 0 Å². The lowest BCUT2D eigenvalue weighted by Crippen LogP contribution is -2.07. The van der Waals surface area contributed by atoms with Crippen molar-refractivity contribution in [2.75, 3.05) is 14.2 Å². The lowest BCUT2D eigenvalue weighted by atomic mass is 10.1. The molecule has 0 aliphatic rings. The molecular weight excluding hydrogens is 216 g/mol. The van der Waals surface area contributed by atoms with E-state index in [0.29, 0.717) is 5.56 Å². The van der Waals surface area contributed by atoms with Gasteiger partial charge in [-0.15, -0.1) is 0 Å². The summed E-state index contributed by atoms with van der Waals surface area (Å²) in [5.74, 6) is 0.316. The minimum Gasteiger partial charge on any atom is -0.493 e. The fourth-order valence-electron chi connectivity index (χ4n) is 1.33. The molecule has 0 spiro atoms. The number of nitrogens with one attached hydrogen (secondary N) is 1. The van der Waals surface area contributed by atoms with Crippen molar-refractivity contribution in [1.82, 2.24) is 5.48 Å². The molecule has 1 aromatic carbocycles. The number of rotatable bonds is 5. The summed E-state index contributed by atoms with van der Waals surface area (Å²) in [6.07, 6.45) is 0. The zero-order valence-electron chi connectivity index (χ0n) is 8.89. The van der Waals surface area contributed by atoms with Crippen LogP contribution in [-0.4, -0.2) is 24.4 Å². The molecule has 2 N–H and O–H groups in total. The summed E-state index contributed by atoms with van der Waals surface area (Å²) >= 11 is 0. The number of nitro benzene ring substituents is 1. The van der Waals surface area contributed by atoms with Crippen LogP contribution >= 0.6 is 0 Å². The summed E-state index contributed by atoms with van der Waals surface area (Å²) in [6.45, 7) is 0.0845. The normalized spacial score (nSPS) is 9.94. The second-order valence-corrected chi connectivity index (χ2v) is 2.94. The Bertz CT molecular complexity index is 394. The van der Waals surface area contributed by atoms with E-state index in [-0.39, 0.29) is 23.7 Å². The highest BCUT2D eigenvalue weighted by Gasteiger charge is 2.21. The van der Waals surface area contributed by atoms with E-state index in [1.807, 2.05) is 5.48 Å². The van der Waals surface area contributed by atoms with E-state index in [9.17, 15) is 10.1 Å². The van der Waals surface area contributed by atoms with Crippen molar-refractivity contribution in [1.29, 1.82) is 0 Å². The van der Waals surface area contributed by atoms with Gasteiger partial charge in [0.25, 0.3) is 0 Å². The maximum Gasteiger partial charge on any atom is 0.315 e. The molecule has 0 saturated carbocycles. The van der Waals surface area contributed by atoms with Gasteiger partial charge >= 0.3 is 5.69 Å². The smallest absolute Gasteiger partial charge is 0.315 e. The third kappa shape index (κ3) is 2.38. The Balaban J connectivity index is 3.31. The summed E-state index contributed by atoms with van der Waals surface area (Å²) in [6, 6.07) is 2.86. The molecule has 0 heterocycles. The van der Waals surface area contributed by atoms with Gasteiger partial charge in [-0.05, 0) is 11.6 Å². The third-order valence-electron chi connectivity index (χ3n) is 2.00. The largest absolute Gasteiger partial charge is 0.493 e. The van der Waals surface area contributed by atoms with Crippen LogP contribution in [-0.2, 0) is 6.54 Å². The first kappa shape index (κ1) is 12.2. The Morgan fingerprint density at radius 3 is 2.56 bits per heavy atom. The fraction of sp³-hybridized carbons (Fsp3) is 0.333. The van der Waals surface area contributed by atoms with Crippen LogP contribution in [0.1, 0.15) is 5.56 Å². The van der Waals surface area contributed by atoms with Gasteiger partial charge in [-0.1, -0.05) is 0 Å². The van der Waals surface area contributed by atoms with Crippen molar-refractivity contribution in [2.45, 2.75) is 6.54 Å². The van der Waals surface area contributed by atoms with Gasteiger partial charge in [0.1, 0.15) is 0 Å². The summed E-state index contributed by atoms with van der Waals surface area (Å²) in [7, 11) is 2.71. The van der Waals surface area contributed by atoms with Crippen molar-refractivity contribution in [3.8, 4) is 11.5 Å². The second kappa shape index (κ2) is 5.29. The predicted octanol–water partition coefficient (Wildman–Crippen LogP) is 1.09. The van der Waals surface area contributed by atoms with Crippen LogP contribution < -0.4 is 15.0 Å². The topological polar surface area (TPSA) is 93.9 Å². The van der Waals surface area contributed by atoms with E-state index in [2.05, 4.69) is 0 Å². The number of ether oxygens (including phenoxy) is 2. The van der Waals surface area contributed by atoms with Gasteiger partial charge in [0, 0.05) is 12.6 Å². The molecule has 0 fully saturated rings. The van der Waals surface area contributed by atoms with Gasteiger partial charge in [-0.3, -0.25) is 10.1 Å². The average molecular weight is 228 g/mol. The van der Waals surface area contributed by atoms with E-state index in [0.717, 1.165) is 0 Å². The second-order valence-electron chi connectivity index (χ2n) is 2.94. The maximum absolute atomic E-state index is 10.8. The number of methoxy groups -OCH3 is 2. The Hall–Kier alpha value is -1.86. The molecule has 1 rings (SSSR count). The zero-order valence-corrected chi connectivity index (χ0v) is 8.89. The van der Waals surface area contributed by atoms with Crippen molar-refractivity contribution in [3.05, 3.63) is 27.8 Å². The average Bonchev–Trinajstić information content (AvgIpc) is 2.28. The molecular formula is C9H12N2O5. The number of benzene rings is 1. The minimum absolute atomic E-state index is 0.0641. The van der Waals surface area contributed by atoms with E-state index in [4.69, 9.17) is 14.7 Å². The first-order chi connectivity index (χ1) is 7.63. The Labute approximate surface area is 91.7 Å². The summed E-state index contributed by atoms with van der Waals surface area (Å²) in [5.41, 5.74) is 2.24. The molecule has 0 bridgehead atoms. The van der Waals surface area contributed by atoms with Crippen molar-refractivity contribution in [2.24, 2.45) is 0 Å². The molecule has 1 aromatic rings. The SMILES string of the molecule is COc1cc(CNO)cc([N+](=O)[O-])c1OC. The van der Waals surface area contributed by atoms with Crippen LogP contribution in [0.5, 0.6) is 11.5 Å². The molecule has 88 valence electrons. The minimum atomic E-state index is -0.567. The number of nitro groups is 1. The van der Waals surface area contributed by atoms with Crippen molar-refractivity contribution < 1.29 is 19.6 Å². The fourth-order valence-corrected chi connectivity index (χ4v) is 1.33. The van der Waals surface area contributed by atoms with Crippen molar-refractivity contribution in [3.63, 3.8) is 0 Å². The van der Waals surface area contributed by atoms with Gasteiger partial charge in [0.2, 0.25) is 5.75 Å².